The van der Waals surface area contributed by atoms with Crippen LogP contribution in [-0.4, -0.2) is 258 Å². The molecule has 0 bridgehead atoms. The third-order valence-electron chi connectivity index (χ3n) is 17.4. The molecule has 1 unspecified atom stereocenters. The van der Waals surface area contributed by atoms with Crippen LogP contribution in [0.3, 0.4) is 0 Å². The Balaban J connectivity index is 0.875. The first-order chi connectivity index (χ1) is 45.7. The van der Waals surface area contributed by atoms with Gasteiger partial charge in [-0.3, -0.25) is 77.4 Å². The van der Waals surface area contributed by atoms with Crippen LogP contribution >= 0.6 is 34.4 Å². The number of aromatic nitrogens is 1. The molecule has 29 heteroatoms. The molecule has 3 aromatic rings. The lowest BCUT2D eigenvalue weighted by atomic mass is 9.91. The minimum Gasteiger partial charge on any atom is -0.494 e. The molecule has 2 aromatic carbocycles. The molecule has 1 aromatic heterocycles. The molecule has 95 heavy (non-hydrogen) atoms. The average molecular weight is 1460 g/mol. The summed E-state index contributed by atoms with van der Waals surface area (Å²) < 4.78 is 45.3. The number of halogens is 3. The van der Waals surface area contributed by atoms with E-state index in [2.05, 4.69) is 61.6 Å². The van der Waals surface area contributed by atoms with Gasteiger partial charge in [0.05, 0.1) is 61.1 Å². The summed E-state index contributed by atoms with van der Waals surface area (Å²) >= 11 is 3.53. The van der Waals surface area contributed by atoms with Gasteiger partial charge in [-0.15, -0.1) is 18.2 Å². The van der Waals surface area contributed by atoms with E-state index in [1.807, 2.05) is 26.8 Å². The molecular formula is C66H88F2IN11O14S. The molecule has 4 saturated heterocycles. The summed E-state index contributed by atoms with van der Waals surface area (Å²) in [7, 11) is 0. The lowest BCUT2D eigenvalue weighted by molar-refractivity contribution is -0.143. The number of carbonyl (C=O) groups excluding carboxylic acids is 9. The number of ether oxygens (including phenoxy) is 3. The maximum atomic E-state index is 14.1. The van der Waals surface area contributed by atoms with Gasteiger partial charge in [-0.1, -0.05) is 25.0 Å². The van der Waals surface area contributed by atoms with Gasteiger partial charge >= 0.3 is 5.97 Å². The lowest BCUT2D eigenvalue weighted by Gasteiger charge is -2.34. The van der Waals surface area contributed by atoms with E-state index in [9.17, 15) is 61.8 Å². The minimum atomic E-state index is -3.11. The standard InChI is InChI=1S/C66H88F2IN11O14S/c1-3-52-36-66(67,68)42-80(52)61(86)37-72-63(89)54-18-22-70-56-17-16-53(34-55(54)56)94-33-7-9-49-19-23-78(24-20-49)64(90)47(2)38-79-60(85)35-57(65(79)91)95-41-51(10-4-5-21-71-58(83)11-6-8-48-12-14-50(69)15-13-48)73-59(84)39-74-25-26-75(40-62(87)88)28-30-77(44-93-46-82)32-31-76(29-27-74)43-92-45-81/h1,12-18,22,34,45-47,49,51-52,57H,4-11,19-21,23-33,35-44H2,2H3,(H,71,83)(H,72,89)(H,73,84)(H,87,88)/t47-,51+,52+,57?/m1/s1. The lowest BCUT2D eigenvalue weighted by Crippen LogP contribution is -2.50. The first-order valence-corrected chi connectivity index (χ1v) is 34.5. The quantitative estimate of drug-likeness (QED) is 0.0218. The maximum Gasteiger partial charge on any atom is 0.317 e. The smallest absolute Gasteiger partial charge is 0.317 e. The third kappa shape index (κ3) is 24.8. The molecule has 0 spiro atoms. The molecule has 4 N–H and O–H groups in total. The van der Waals surface area contributed by atoms with E-state index in [0.717, 1.165) is 39.7 Å². The van der Waals surface area contributed by atoms with Crippen molar-refractivity contribution in [3.05, 3.63) is 69.4 Å². The molecule has 4 fully saturated rings. The number of benzene rings is 2. The summed E-state index contributed by atoms with van der Waals surface area (Å²) in [5.74, 6) is -4.03. The maximum absolute atomic E-state index is 14.1. The van der Waals surface area contributed by atoms with Crippen LogP contribution in [0, 0.1) is 27.7 Å². The van der Waals surface area contributed by atoms with Crippen molar-refractivity contribution in [2.24, 2.45) is 11.8 Å². The van der Waals surface area contributed by atoms with E-state index in [-0.39, 0.29) is 74.5 Å². The third-order valence-corrected chi connectivity index (χ3v) is 19.5. The molecule has 7 rings (SSSR count). The molecule has 0 aliphatic carbocycles. The van der Waals surface area contributed by atoms with Crippen LogP contribution in [-0.2, 0) is 59.0 Å². The number of pyridine rings is 1. The zero-order valence-electron chi connectivity index (χ0n) is 53.8. The number of unbranched alkanes of at least 4 members (excludes halogenated alkanes) is 1. The van der Waals surface area contributed by atoms with Crippen molar-refractivity contribution >= 4 is 106 Å². The summed E-state index contributed by atoms with van der Waals surface area (Å²) in [5, 5.41) is 18.2. The monoisotopic (exact) mass is 1460 g/mol. The van der Waals surface area contributed by atoms with Gasteiger partial charge in [-0.05, 0) is 128 Å². The second-order valence-corrected chi connectivity index (χ2v) is 27.1. The number of likely N-dealkylation sites (tertiary alicyclic amines) is 3. The van der Waals surface area contributed by atoms with Crippen LogP contribution < -0.4 is 20.7 Å². The molecule has 0 radical (unpaired) electrons. The number of fused-ring (bicyclic) bond motifs is 1. The van der Waals surface area contributed by atoms with E-state index in [1.54, 1.807) is 34.9 Å². The number of thioether (sulfide) groups is 1. The fraction of sp³-hybridized carbons (Fsp3) is 0.591. The van der Waals surface area contributed by atoms with Gasteiger partial charge < -0.3 is 45.1 Å². The zero-order valence-corrected chi connectivity index (χ0v) is 56.8. The van der Waals surface area contributed by atoms with E-state index >= 15 is 0 Å². The number of imide groups is 1. The Hall–Kier alpha value is -7.11. The summed E-state index contributed by atoms with van der Waals surface area (Å²) in [6, 6.07) is 13.3. The van der Waals surface area contributed by atoms with Gasteiger partial charge in [0.15, 0.2) is 0 Å². The number of nitrogens with zero attached hydrogens (tertiary/aromatic N) is 8. The highest BCUT2D eigenvalue weighted by atomic mass is 127. The minimum absolute atomic E-state index is 0.00884. The molecular weight excluding hydrogens is 1370 g/mol. The second kappa shape index (κ2) is 38.6. The number of carboxylic acid groups (broad SMARTS) is 1. The molecule has 25 nitrogen and oxygen atoms in total. The number of nitrogens with one attached hydrogen (secondary N) is 3. The topological polar surface area (TPSA) is 290 Å². The highest BCUT2D eigenvalue weighted by Crippen LogP contribution is 2.33. The van der Waals surface area contributed by atoms with Gasteiger partial charge in [0.2, 0.25) is 35.4 Å². The number of carbonyl (C=O) groups is 10. The van der Waals surface area contributed by atoms with Crippen LogP contribution in [0.5, 0.6) is 5.75 Å². The van der Waals surface area contributed by atoms with Crippen molar-refractivity contribution < 1.29 is 76.0 Å². The summed E-state index contributed by atoms with van der Waals surface area (Å²) in [6.45, 7) is 5.37. The number of hydrogen-bond donors (Lipinski definition) is 4. The molecule has 0 saturated carbocycles. The van der Waals surface area contributed by atoms with Crippen molar-refractivity contribution in [3.8, 4) is 18.1 Å². The fourth-order valence-corrected chi connectivity index (χ4v) is 13.7. The van der Waals surface area contributed by atoms with Crippen LogP contribution in [0.25, 0.3) is 10.9 Å². The normalized spacial score (nSPS) is 19.4. The molecule has 4 atom stereocenters. The van der Waals surface area contributed by atoms with E-state index in [4.69, 9.17) is 20.6 Å². The number of terminal acetylenes is 1. The number of aliphatic carboxylic acids is 1. The average Bonchev–Trinajstić information content (AvgIpc) is 1.77. The van der Waals surface area contributed by atoms with Crippen molar-refractivity contribution in [2.75, 3.05) is 131 Å². The largest absolute Gasteiger partial charge is 0.494 e. The number of carboxylic acids is 1. The predicted molar refractivity (Wildman–Crippen MR) is 357 cm³/mol. The van der Waals surface area contributed by atoms with Crippen molar-refractivity contribution in [3.63, 3.8) is 0 Å². The van der Waals surface area contributed by atoms with Gasteiger partial charge in [-0.25, -0.2) is 8.78 Å². The molecule has 5 heterocycles. The molecule has 4 aliphatic rings. The Labute approximate surface area is 570 Å². The highest BCUT2D eigenvalue weighted by Gasteiger charge is 2.46. The Morgan fingerprint density at radius 3 is 2.16 bits per heavy atom. The number of rotatable bonds is 34. The fourth-order valence-electron chi connectivity index (χ4n) is 12.1. The molecule has 4 aliphatic heterocycles. The number of alkyl halides is 2. The van der Waals surface area contributed by atoms with E-state index in [0.29, 0.717) is 153 Å². The SMILES string of the molecule is C#C[C@H]1CC(F)(F)CN1C(=O)CNC(=O)c1ccnc2ccc(OCCCC3CCN(C(=O)[C@H](C)CN4C(=O)CC(SC[C@H](CCCCNC(=O)CCCc5ccc(I)cc5)NC(=O)CN5CCN(COC=O)CCN(COC=O)CCN(CC(=O)O)CC5)C4=O)CC3)cc12. The van der Waals surface area contributed by atoms with Gasteiger partial charge in [0.25, 0.3) is 24.8 Å². The first kappa shape index (κ1) is 75.3. The molecule has 518 valence electrons. The van der Waals surface area contributed by atoms with Gasteiger partial charge in [0, 0.05) is 125 Å². The van der Waals surface area contributed by atoms with Crippen LogP contribution in [0.4, 0.5) is 8.78 Å². The number of hydrogen-bond acceptors (Lipinski definition) is 19. The van der Waals surface area contributed by atoms with Crippen LogP contribution in [0.2, 0.25) is 0 Å². The predicted octanol–water partition coefficient (Wildman–Crippen LogP) is 3.69. The Bertz CT molecular complexity index is 3140. The second-order valence-electron chi connectivity index (χ2n) is 24.6. The van der Waals surface area contributed by atoms with Crippen molar-refractivity contribution in [2.45, 2.75) is 107 Å². The highest BCUT2D eigenvalue weighted by molar-refractivity contribution is 14.1. The van der Waals surface area contributed by atoms with Crippen LogP contribution in [0.15, 0.2) is 54.7 Å². The van der Waals surface area contributed by atoms with E-state index in [1.165, 1.54) is 28.9 Å². The van der Waals surface area contributed by atoms with Gasteiger partial charge in [-0.2, -0.15) is 0 Å². The number of aryl methyl sites for hydroxylation is 1. The van der Waals surface area contributed by atoms with Crippen molar-refractivity contribution in [1.29, 1.82) is 0 Å². The number of amides is 7. The van der Waals surface area contributed by atoms with E-state index < -0.39 is 72.4 Å². The van der Waals surface area contributed by atoms with Gasteiger partial charge in [0.1, 0.15) is 19.2 Å². The summed E-state index contributed by atoms with van der Waals surface area (Å²) in [6.07, 6.45) is 12.8. The summed E-state index contributed by atoms with van der Waals surface area (Å²) in [4.78, 5) is 144. The number of piperidine rings is 1. The van der Waals surface area contributed by atoms with Crippen molar-refractivity contribution in [1.82, 2.24) is 55.2 Å². The Morgan fingerprint density at radius 1 is 0.842 bits per heavy atom. The Morgan fingerprint density at radius 2 is 1.51 bits per heavy atom. The summed E-state index contributed by atoms with van der Waals surface area (Å²) in [5.41, 5.74) is 1.90. The Kier molecular flexibility index (Phi) is 30.6. The molecule has 7 amide bonds. The first-order valence-electron chi connectivity index (χ1n) is 32.4. The van der Waals surface area contributed by atoms with Crippen LogP contribution in [0.1, 0.15) is 93.5 Å². The zero-order chi connectivity index (χ0) is 68.3.